The summed E-state index contributed by atoms with van der Waals surface area (Å²) in [5.74, 6) is 0.172. The number of rotatable bonds is 5. The highest BCUT2D eigenvalue weighted by Crippen LogP contribution is 2.31. The molecule has 1 aromatic heterocycles. The van der Waals surface area contributed by atoms with Gasteiger partial charge in [0.1, 0.15) is 5.82 Å². The molecule has 0 bridgehead atoms. The predicted octanol–water partition coefficient (Wildman–Crippen LogP) is 2.91. The Morgan fingerprint density at radius 2 is 2.10 bits per heavy atom. The average molecular weight is 304 g/mol. The average Bonchev–Trinajstić information content (AvgIpc) is 2.85. The minimum absolute atomic E-state index is 0.0175. The number of hydrogen-bond acceptors (Lipinski definition) is 5. The Hall–Kier alpha value is -1.57. The third-order valence-corrected chi connectivity index (χ3v) is 3.42. The molecular weight excluding hydrogens is 285 g/mol. The van der Waals surface area contributed by atoms with Gasteiger partial charge in [-0.05, 0) is 26.2 Å². The van der Waals surface area contributed by atoms with Crippen LogP contribution in [-0.4, -0.2) is 35.8 Å². The molecular formula is C13H19F3N4O. The van der Waals surface area contributed by atoms with Gasteiger partial charge in [0.05, 0.1) is 6.10 Å². The van der Waals surface area contributed by atoms with E-state index in [-0.39, 0.29) is 23.9 Å². The van der Waals surface area contributed by atoms with Gasteiger partial charge in [0.25, 0.3) is 0 Å². The quantitative estimate of drug-likeness (QED) is 0.876. The van der Waals surface area contributed by atoms with Crippen LogP contribution >= 0.6 is 0 Å². The predicted molar refractivity (Wildman–Crippen MR) is 73.3 cm³/mol. The van der Waals surface area contributed by atoms with Crippen molar-refractivity contribution in [2.75, 3.05) is 24.3 Å². The van der Waals surface area contributed by atoms with E-state index in [1.807, 2.05) is 0 Å². The van der Waals surface area contributed by atoms with Crippen molar-refractivity contribution in [2.45, 2.75) is 44.5 Å². The lowest BCUT2D eigenvalue weighted by molar-refractivity contribution is -0.141. The van der Waals surface area contributed by atoms with Crippen molar-refractivity contribution in [3.05, 3.63) is 11.8 Å². The number of halogens is 3. The zero-order valence-electron chi connectivity index (χ0n) is 12.0. The highest BCUT2D eigenvalue weighted by Gasteiger charge is 2.34. The number of nitrogens with zero attached hydrogens (tertiary/aromatic N) is 2. The fourth-order valence-corrected chi connectivity index (χ4v) is 2.40. The molecule has 1 fully saturated rings. The monoisotopic (exact) mass is 304 g/mol. The number of hydrogen-bond donors (Lipinski definition) is 2. The van der Waals surface area contributed by atoms with Crippen molar-refractivity contribution in [1.82, 2.24) is 9.97 Å². The van der Waals surface area contributed by atoms with E-state index >= 15 is 0 Å². The molecule has 5 nitrogen and oxygen atoms in total. The van der Waals surface area contributed by atoms with Crippen molar-refractivity contribution in [3.63, 3.8) is 0 Å². The lowest BCUT2D eigenvalue weighted by Crippen LogP contribution is -2.20. The zero-order chi connectivity index (χ0) is 15.5. The van der Waals surface area contributed by atoms with E-state index in [4.69, 9.17) is 4.74 Å². The number of anilines is 2. The molecule has 21 heavy (non-hydrogen) atoms. The molecule has 1 heterocycles. The van der Waals surface area contributed by atoms with E-state index in [0.29, 0.717) is 6.54 Å². The van der Waals surface area contributed by atoms with Crippen molar-refractivity contribution < 1.29 is 17.9 Å². The van der Waals surface area contributed by atoms with Gasteiger partial charge in [-0.3, -0.25) is 0 Å². The minimum Gasteiger partial charge on any atom is -0.381 e. The summed E-state index contributed by atoms with van der Waals surface area (Å²) in [5, 5.41) is 5.76. The van der Waals surface area contributed by atoms with Crippen molar-refractivity contribution in [3.8, 4) is 0 Å². The minimum atomic E-state index is -4.49. The van der Waals surface area contributed by atoms with E-state index in [9.17, 15) is 13.2 Å². The maximum Gasteiger partial charge on any atom is 0.433 e. The molecule has 2 unspecified atom stereocenters. The second-order valence-corrected chi connectivity index (χ2v) is 5.00. The Balaban J connectivity index is 2.16. The summed E-state index contributed by atoms with van der Waals surface area (Å²) in [4.78, 5) is 7.57. The number of nitrogens with one attached hydrogen (secondary N) is 2. The maximum atomic E-state index is 12.9. The standard InChI is InChI=1S/C13H19F3N4O/c1-3-17-12-19-10(13(14,15)16)7-11(20-12)18-8-4-5-9(6-8)21-2/h7-9H,3-6H2,1-2H3,(H2,17,18,19,20). The van der Waals surface area contributed by atoms with Crippen molar-refractivity contribution >= 4 is 11.8 Å². The molecule has 0 spiro atoms. The van der Waals surface area contributed by atoms with Crippen LogP contribution < -0.4 is 10.6 Å². The summed E-state index contributed by atoms with van der Waals surface area (Å²) in [6.07, 6.45) is -1.84. The summed E-state index contributed by atoms with van der Waals surface area (Å²) in [6, 6.07) is 1.02. The van der Waals surface area contributed by atoms with Gasteiger partial charge >= 0.3 is 6.18 Å². The zero-order valence-corrected chi connectivity index (χ0v) is 12.0. The van der Waals surface area contributed by atoms with Crippen LogP contribution in [0.15, 0.2) is 6.07 Å². The van der Waals surface area contributed by atoms with Crippen LogP contribution in [0.25, 0.3) is 0 Å². The fraction of sp³-hybridized carbons (Fsp3) is 0.692. The number of ether oxygens (including phenoxy) is 1. The molecule has 2 rings (SSSR count). The third kappa shape index (κ3) is 4.20. The summed E-state index contributed by atoms with van der Waals surface area (Å²) >= 11 is 0. The lowest BCUT2D eigenvalue weighted by atomic mass is 10.2. The second-order valence-electron chi connectivity index (χ2n) is 5.00. The van der Waals surface area contributed by atoms with Crippen LogP contribution in [0.5, 0.6) is 0 Å². The van der Waals surface area contributed by atoms with Gasteiger partial charge in [0.15, 0.2) is 5.69 Å². The van der Waals surface area contributed by atoms with Gasteiger partial charge in [0, 0.05) is 25.8 Å². The fourth-order valence-electron chi connectivity index (χ4n) is 2.40. The molecule has 0 radical (unpaired) electrons. The van der Waals surface area contributed by atoms with Crippen LogP contribution in [0.2, 0.25) is 0 Å². The molecule has 1 saturated carbocycles. The summed E-state index contributed by atoms with van der Waals surface area (Å²) in [5.41, 5.74) is -0.947. The third-order valence-electron chi connectivity index (χ3n) is 3.42. The Labute approximate surface area is 121 Å². The Morgan fingerprint density at radius 3 is 2.67 bits per heavy atom. The number of methoxy groups -OCH3 is 1. The molecule has 1 aliphatic carbocycles. The summed E-state index contributed by atoms with van der Waals surface area (Å²) in [6.45, 7) is 2.23. The first kappa shape index (κ1) is 15.8. The van der Waals surface area contributed by atoms with Gasteiger partial charge in [-0.1, -0.05) is 0 Å². The molecule has 0 saturated heterocycles. The van der Waals surface area contributed by atoms with E-state index in [2.05, 4.69) is 20.6 Å². The van der Waals surface area contributed by atoms with Gasteiger partial charge in [-0.15, -0.1) is 0 Å². The second kappa shape index (κ2) is 6.46. The topological polar surface area (TPSA) is 59.1 Å². The van der Waals surface area contributed by atoms with Gasteiger partial charge in [0.2, 0.25) is 5.95 Å². The van der Waals surface area contributed by atoms with Crippen LogP contribution in [0, 0.1) is 0 Å². The molecule has 0 aromatic carbocycles. The molecule has 2 atom stereocenters. The van der Waals surface area contributed by atoms with Gasteiger partial charge < -0.3 is 15.4 Å². The van der Waals surface area contributed by atoms with Gasteiger partial charge in [-0.25, -0.2) is 4.98 Å². The van der Waals surface area contributed by atoms with Crippen LogP contribution in [0.4, 0.5) is 24.9 Å². The SMILES string of the molecule is CCNc1nc(NC2CCC(OC)C2)cc(C(F)(F)F)n1. The molecule has 1 aliphatic rings. The molecule has 8 heteroatoms. The molecule has 1 aromatic rings. The smallest absolute Gasteiger partial charge is 0.381 e. The Kier molecular flexibility index (Phi) is 4.87. The van der Waals surface area contributed by atoms with Crippen LogP contribution in [0.3, 0.4) is 0 Å². The van der Waals surface area contributed by atoms with Crippen molar-refractivity contribution in [2.24, 2.45) is 0 Å². The molecule has 118 valence electrons. The molecule has 0 amide bonds. The lowest BCUT2D eigenvalue weighted by Gasteiger charge is -2.16. The molecule has 2 N–H and O–H groups in total. The van der Waals surface area contributed by atoms with Crippen molar-refractivity contribution in [1.29, 1.82) is 0 Å². The van der Waals surface area contributed by atoms with E-state index in [0.717, 1.165) is 25.3 Å². The first-order valence-electron chi connectivity index (χ1n) is 6.92. The summed E-state index contributed by atoms with van der Waals surface area (Å²) < 4.78 is 43.8. The Morgan fingerprint density at radius 1 is 1.33 bits per heavy atom. The highest BCUT2D eigenvalue weighted by molar-refractivity contribution is 5.44. The highest BCUT2D eigenvalue weighted by atomic mass is 19.4. The maximum absolute atomic E-state index is 12.9. The first-order valence-corrected chi connectivity index (χ1v) is 6.92. The summed E-state index contributed by atoms with van der Waals surface area (Å²) in [7, 11) is 1.64. The normalized spacial score (nSPS) is 22.3. The van der Waals surface area contributed by atoms with Crippen LogP contribution in [0.1, 0.15) is 31.9 Å². The molecule has 0 aliphatic heterocycles. The van der Waals surface area contributed by atoms with E-state index < -0.39 is 11.9 Å². The Bertz CT molecular complexity index is 481. The van der Waals surface area contributed by atoms with Gasteiger partial charge in [-0.2, -0.15) is 18.2 Å². The van der Waals surface area contributed by atoms with Crippen LogP contribution in [-0.2, 0) is 10.9 Å². The largest absolute Gasteiger partial charge is 0.433 e. The number of aromatic nitrogens is 2. The first-order chi connectivity index (χ1) is 9.92. The van der Waals surface area contributed by atoms with E-state index in [1.165, 1.54) is 0 Å². The number of alkyl halides is 3. The van der Waals surface area contributed by atoms with E-state index in [1.54, 1.807) is 14.0 Å².